The van der Waals surface area contributed by atoms with Gasteiger partial charge in [-0.15, -0.1) is 0 Å². The van der Waals surface area contributed by atoms with E-state index in [4.69, 9.17) is 21.1 Å². The van der Waals surface area contributed by atoms with Crippen molar-refractivity contribution < 1.29 is 27.0 Å². The van der Waals surface area contributed by atoms with Crippen LogP contribution in [-0.4, -0.2) is 39.9 Å². The summed E-state index contributed by atoms with van der Waals surface area (Å²) < 4.78 is 65.2. The molecule has 0 radical (unpaired) electrons. The van der Waals surface area contributed by atoms with E-state index >= 15 is 0 Å². The maximum atomic E-state index is 13.2. The fourth-order valence-corrected chi connectivity index (χ4v) is 4.98. The Labute approximate surface area is 181 Å². The molecule has 11 heteroatoms. The molecule has 0 atom stereocenters. The van der Waals surface area contributed by atoms with Gasteiger partial charge in [0.25, 0.3) is 5.88 Å². The predicted octanol–water partition coefficient (Wildman–Crippen LogP) is 4.99. The van der Waals surface area contributed by atoms with Crippen LogP contribution in [0.4, 0.5) is 17.6 Å². The Balaban J connectivity index is 1.51. The Morgan fingerprint density at radius 1 is 1.13 bits per heavy atom. The Morgan fingerprint density at radius 3 is 2.39 bits per heavy atom. The molecule has 3 fully saturated rings. The zero-order chi connectivity index (χ0) is 22.3. The van der Waals surface area contributed by atoms with E-state index in [9.17, 15) is 17.6 Å². The molecular weight excluding hydrogens is 440 g/mol. The lowest BCUT2D eigenvalue weighted by Gasteiger charge is -2.52. The zero-order valence-electron chi connectivity index (χ0n) is 17.0. The summed E-state index contributed by atoms with van der Waals surface area (Å²) in [6.07, 6.45) is 2.20. The molecule has 31 heavy (non-hydrogen) atoms. The molecule has 0 spiro atoms. The smallest absolute Gasteiger partial charge is 0.434 e. The summed E-state index contributed by atoms with van der Waals surface area (Å²) in [6, 6.07) is 0. The highest BCUT2D eigenvalue weighted by atomic mass is 35.5. The second kappa shape index (κ2) is 8.11. The number of rotatable bonds is 7. The molecular formula is C20H23ClF4N4O2. The lowest BCUT2D eigenvalue weighted by molar-refractivity contribution is -0.141. The van der Waals surface area contributed by atoms with Gasteiger partial charge in [-0.05, 0) is 50.1 Å². The van der Waals surface area contributed by atoms with Gasteiger partial charge in [-0.3, -0.25) is 0 Å². The molecule has 170 valence electrons. The van der Waals surface area contributed by atoms with E-state index in [0.29, 0.717) is 37.4 Å². The van der Waals surface area contributed by atoms with Crippen LogP contribution in [0.2, 0.25) is 5.28 Å². The van der Waals surface area contributed by atoms with E-state index in [2.05, 4.69) is 15.0 Å². The van der Waals surface area contributed by atoms with E-state index in [-0.39, 0.29) is 23.1 Å². The van der Waals surface area contributed by atoms with Gasteiger partial charge >= 0.3 is 6.18 Å². The largest absolute Gasteiger partial charge is 0.490 e. The Hall–Kier alpha value is -2.10. The van der Waals surface area contributed by atoms with E-state index in [1.54, 1.807) is 0 Å². The summed E-state index contributed by atoms with van der Waals surface area (Å²) in [6.45, 7) is -0.458. The van der Waals surface area contributed by atoms with Crippen LogP contribution in [-0.2, 0) is 18.1 Å². The highest BCUT2D eigenvalue weighted by Gasteiger charge is 2.52. The number of hydrogen-bond acceptors (Lipinski definition) is 5. The summed E-state index contributed by atoms with van der Waals surface area (Å²) in [5.74, 6) is 1.01. The molecule has 5 rings (SSSR count). The first-order chi connectivity index (χ1) is 14.7. The van der Waals surface area contributed by atoms with Crippen LogP contribution in [0.5, 0.6) is 11.6 Å². The molecule has 0 N–H and O–H groups in total. The minimum atomic E-state index is -4.55. The van der Waals surface area contributed by atoms with Crippen LogP contribution in [0.15, 0.2) is 12.4 Å². The van der Waals surface area contributed by atoms with E-state index in [0.717, 1.165) is 25.5 Å². The highest BCUT2D eigenvalue weighted by Crippen LogP contribution is 2.57. The third-order valence-electron chi connectivity index (χ3n) is 6.70. The fraction of sp³-hybridized carbons (Fsp3) is 0.650. The van der Waals surface area contributed by atoms with Crippen molar-refractivity contribution in [2.45, 2.75) is 56.7 Å². The van der Waals surface area contributed by atoms with Gasteiger partial charge in [0.05, 0.1) is 26.5 Å². The molecule has 0 aliphatic heterocycles. The maximum absolute atomic E-state index is 13.2. The van der Waals surface area contributed by atoms with Gasteiger partial charge < -0.3 is 14.0 Å². The van der Waals surface area contributed by atoms with Crippen LogP contribution in [0.3, 0.4) is 0 Å². The fourth-order valence-electron chi connectivity index (χ4n) is 4.85. The summed E-state index contributed by atoms with van der Waals surface area (Å²) in [5.41, 5.74) is -1.52. The SMILES string of the molecule is COc1cnc(Cl)nc1OCC12CCC(c3nc(C(F)(F)F)cn3CCF)(CC1)CC2. The number of aromatic nitrogens is 4. The monoisotopic (exact) mass is 462 g/mol. The van der Waals surface area contributed by atoms with Gasteiger partial charge in [-0.2, -0.15) is 18.2 Å². The second-order valence-electron chi connectivity index (χ2n) is 8.41. The van der Waals surface area contributed by atoms with Gasteiger partial charge in [0.15, 0.2) is 11.4 Å². The quantitative estimate of drug-likeness (QED) is 0.428. The summed E-state index contributed by atoms with van der Waals surface area (Å²) in [4.78, 5) is 11.9. The van der Waals surface area contributed by atoms with Crippen molar-refractivity contribution in [3.05, 3.63) is 29.2 Å². The van der Waals surface area contributed by atoms with Gasteiger partial charge in [-0.25, -0.2) is 14.4 Å². The first kappa shape index (κ1) is 22.1. The van der Waals surface area contributed by atoms with E-state index < -0.39 is 24.0 Å². The minimum absolute atomic E-state index is 0.0553. The van der Waals surface area contributed by atoms with Crippen LogP contribution < -0.4 is 9.47 Å². The lowest BCUT2D eigenvalue weighted by Crippen LogP contribution is -2.48. The van der Waals surface area contributed by atoms with Crippen LogP contribution in [0.1, 0.15) is 50.0 Å². The average molecular weight is 463 g/mol. The molecule has 2 heterocycles. The number of ether oxygens (including phenoxy) is 2. The third kappa shape index (κ3) is 4.18. The van der Waals surface area contributed by atoms with Gasteiger partial charge in [-0.1, -0.05) is 0 Å². The molecule has 2 aromatic rings. The number of fused-ring (bicyclic) bond motifs is 3. The number of halogens is 5. The van der Waals surface area contributed by atoms with Crippen molar-refractivity contribution in [2.75, 3.05) is 20.4 Å². The number of alkyl halides is 4. The molecule has 0 unspecified atom stereocenters. The number of imidazole rings is 1. The normalized spacial score (nSPS) is 25.6. The number of methoxy groups -OCH3 is 1. The molecule has 0 amide bonds. The summed E-state index contributed by atoms with van der Waals surface area (Å²) in [5, 5.41) is 0.0553. The number of aryl methyl sites for hydroxylation is 1. The summed E-state index contributed by atoms with van der Waals surface area (Å²) >= 11 is 5.86. The average Bonchev–Trinajstić information content (AvgIpc) is 3.19. The molecule has 3 aliphatic carbocycles. The van der Waals surface area contributed by atoms with Gasteiger partial charge in [0.2, 0.25) is 5.28 Å². The maximum Gasteiger partial charge on any atom is 0.434 e. The van der Waals surface area contributed by atoms with Gasteiger partial charge in [0, 0.05) is 17.0 Å². The second-order valence-corrected chi connectivity index (χ2v) is 8.75. The third-order valence-corrected chi connectivity index (χ3v) is 6.88. The zero-order valence-corrected chi connectivity index (χ0v) is 17.8. The molecule has 2 bridgehead atoms. The van der Waals surface area contributed by atoms with E-state index in [1.165, 1.54) is 17.9 Å². The molecule has 0 saturated heterocycles. The van der Waals surface area contributed by atoms with Crippen molar-refractivity contribution in [3.63, 3.8) is 0 Å². The molecule has 0 aromatic carbocycles. The number of hydrogen-bond donors (Lipinski definition) is 0. The van der Waals surface area contributed by atoms with Crippen LogP contribution in [0.25, 0.3) is 0 Å². The first-order valence-corrected chi connectivity index (χ1v) is 10.5. The van der Waals surface area contributed by atoms with Gasteiger partial charge in [0.1, 0.15) is 12.5 Å². The van der Waals surface area contributed by atoms with Crippen LogP contribution >= 0.6 is 11.6 Å². The highest BCUT2D eigenvalue weighted by molar-refractivity contribution is 6.28. The van der Waals surface area contributed by atoms with Crippen LogP contribution in [0, 0.1) is 5.41 Å². The summed E-state index contributed by atoms with van der Waals surface area (Å²) in [7, 11) is 1.49. The molecule has 2 aromatic heterocycles. The Kier molecular flexibility index (Phi) is 5.78. The topological polar surface area (TPSA) is 62.1 Å². The minimum Gasteiger partial charge on any atom is -0.490 e. The van der Waals surface area contributed by atoms with Crippen molar-refractivity contribution in [3.8, 4) is 11.6 Å². The van der Waals surface area contributed by atoms with Crippen molar-refractivity contribution >= 4 is 11.6 Å². The van der Waals surface area contributed by atoms with Crippen molar-refractivity contribution in [1.82, 2.24) is 19.5 Å². The Bertz CT molecular complexity index is 925. The van der Waals surface area contributed by atoms with Crippen molar-refractivity contribution in [2.24, 2.45) is 5.41 Å². The van der Waals surface area contributed by atoms with Crippen molar-refractivity contribution in [1.29, 1.82) is 0 Å². The molecule has 3 aliphatic rings. The molecule has 3 saturated carbocycles. The Morgan fingerprint density at radius 2 is 1.81 bits per heavy atom. The standard InChI is InChI=1S/C20H23ClF4N4O2/c1-30-13-10-26-17(21)28-15(13)31-12-18-2-5-19(6-3-18,7-4-18)16-27-14(20(23,24)25)11-29(16)9-8-22/h10-11H,2-9,12H2,1H3. The first-order valence-electron chi connectivity index (χ1n) is 10.1. The predicted molar refractivity (Wildman–Crippen MR) is 104 cm³/mol. The number of nitrogens with zero attached hydrogens (tertiary/aromatic N) is 4. The van der Waals surface area contributed by atoms with E-state index in [1.807, 2.05) is 0 Å². The lowest BCUT2D eigenvalue weighted by atomic mass is 9.53. The molecule has 6 nitrogen and oxygen atoms in total.